The highest BCUT2D eigenvalue weighted by atomic mass is 32.2. The predicted molar refractivity (Wildman–Crippen MR) is 77.0 cm³/mol. The van der Waals surface area contributed by atoms with Crippen LogP contribution in [-0.4, -0.2) is 54.5 Å². The molecule has 6 nitrogen and oxygen atoms in total. The van der Waals surface area contributed by atoms with E-state index in [0.717, 1.165) is 4.31 Å². The summed E-state index contributed by atoms with van der Waals surface area (Å²) in [4.78, 5) is 10.9. The fourth-order valence-electron chi connectivity index (χ4n) is 2.62. The van der Waals surface area contributed by atoms with Gasteiger partial charge >= 0.3 is 5.97 Å². The molecule has 1 aromatic carbocycles. The molecule has 0 aromatic heterocycles. The number of benzene rings is 1. The monoisotopic (exact) mass is 349 g/mol. The molecule has 0 bridgehead atoms. The van der Waals surface area contributed by atoms with E-state index in [4.69, 9.17) is 10.2 Å². The molecule has 0 amide bonds. The number of carboxylic acid groups (broad SMARTS) is 1. The van der Waals surface area contributed by atoms with Gasteiger partial charge in [0, 0.05) is 19.5 Å². The van der Waals surface area contributed by atoms with Gasteiger partial charge in [0.25, 0.3) is 5.92 Å². The number of piperidine rings is 1. The zero-order valence-electron chi connectivity index (χ0n) is 12.4. The number of alkyl halides is 2. The highest BCUT2D eigenvalue weighted by molar-refractivity contribution is 7.89. The first kappa shape index (κ1) is 17.8. The van der Waals surface area contributed by atoms with Crippen LogP contribution in [0.2, 0.25) is 0 Å². The number of hydrogen-bond donors (Lipinski definition) is 2. The number of sulfonamides is 1. The summed E-state index contributed by atoms with van der Waals surface area (Å²) in [5.41, 5.74) is -0.106. The minimum atomic E-state index is -4.12. The molecule has 1 aromatic rings. The Bertz CT molecular complexity index is 720. The van der Waals surface area contributed by atoms with E-state index in [0.29, 0.717) is 0 Å². The van der Waals surface area contributed by atoms with Gasteiger partial charge in [-0.25, -0.2) is 22.0 Å². The quantitative estimate of drug-likeness (QED) is 0.855. The molecule has 128 valence electrons. The smallest absolute Gasteiger partial charge is 0.335 e. The van der Waals surface area contributed by atoms with Crippen molar-refractivity contribution in [1.29, 1.82) is 0 Å². The Morgan fingerprint density at radius 1 is 1.43 bits per heavy atom. The number of aliphatic hydroxyl groups excluding tert-OH is 1. The molecule has 2 N–H and O–H groups in total. The molecule has 1 aliphatic heterocycles. The predicted octanol–water partition coefficient (Wildman–Crippen LogP) is 1.33. The van der Waals surface area contributed by atoms with Gasteiger partial charge in [-0.3, -0.25) is 0 Å². The van der Waals surface area contributed by atoms with Crippen molar-refractivity contribution in [3.05, 3.63) is 29.3 Å². The number of carbonyl (C=O) groups is 1. The number of carboxylic acids is 1. The van der Waals surface area contributed by atoms with Crippen LogP contribution in [0.1, 0.15) is 22.3 Å². The van der Waals surface area contributed by atoms with Crippen molar-refractivity contribution in [2.45, 2.75) is 24.2 Å². The molecule has 23 heavy (non-hydrogen) atoms. The van der Waals surface area contributed by atoms with Crippen molar-refractivity contribution < 1.29 is 32.2 Å². The molecule has 0 radical (unpaired) electrons. The van der Waals surface area contributed by atoms with E-state index < -0.39 is 47.4 Å². The molecule has 0 spiro atoms. The zero-order chi connectivity index (χ0) is 17.4. The topological polar surface area (TPSA) is 94.9 Å². The van der Waals surface area contributed by atoms with Crippen LogP contribution in [0.5, 0.6) is 0 Å². The number of hydrogen-bond acceptors (Lipinski definition) is 4. The van der Waals surface area contributed by atoms with Crippen molar-refractivity contribution in [3.63, 3.8) is 0 Å². The van der Waals surface area contributed by atoms with Crippen molar-refractivity contribution in [1.82, 2.24) is 4.31 Å². The molecular weight excluding hydrogens is 332 g/mol. The lowest BCUT2D eigenvalue weighted by Crippen LogP contribution is -2.50. The molecule has 1 atom stereocenters. The minimum Gasteiger partial charge on any atom is -0.478 e. The maximum Gasteiger partial charge on any atom is 0.335 e. The average Bonchev–Trinajstić information content (AvgIpc) is 2.46. The van der Waals surface area contributed by atoms with Gasteiger partial charge in [-0.1, -0.05) is 6.07 Å². The van der Waals surface area contributed by atoms with E-state index in [2.05, 4.69) is 0 Å². The molecule has 0 saturated carbocycles. The molecule has 2 rings (SSSR count). The first-order chi connectivity index (χ1) is 10.6. The summed E-state index contributed by atoms with van der Waals surface area (Å²) in [6, 6.07) is 3.82. The van der Waals surface area contributed by atoms with Gasteiger partial charge in [0.15, 0.2) is 0 Å². The maximum absolute atomic E-state index is 13.6. The number of aromatic carboxylic acids is 1. The number of rotatable bonds is 4. The van der Waals surface area contributed by atoms with Gasteiger partial charge in [-0.15, -0.1) is 0 Å². The van der Waals surface area contributed by atoms with E-state index in [9.17, 15) is 22.0 Å². The van der Waals surface area contributed by atoms with E-state index in [-0.39, 0.29) is 22.6 Å². The highest BCUT2D eigenvalue weighted by Crippen LogP contribution is 2.35. The van der Waals surface area contributed by atoms with Gasteiger partial charge in [0.05, 0.1) is 23.0 Å². The number of aliphatic hydroxyl groups is 1. The van der Waals surface area contributed by atoms with Gasteiger partial charge in [-0.05, 0) is 24.6 Å². The SMILES string of the molecule is Cc1c(C(=O)O)cccc1S(=O)(=O)N1CCC(F)(F)C(CO)C1. The lowest BCUT2D eigenvalue weighted by atomic mass is 9.96. The molecule has 1 heterocycles. The van der Waals surface area contributed by atoms with Crippen molar-refractivity contribution in [3.8, 4) is 0 Å². The standard InChI is InChI=1S/C14H17F2NO5S/c1-9-11(13(19)20)3-2-4-12(9)23(21,22)17-6-5-14(15,16)10(7-17)8-18/h2-4,10,18H,5-8H2,1H3,(H,19,20). The first-order valence-electron chi connectivity index (χ1n) is 6.93. The highest BCUT2D eigenvalue weighted by Gasteiger charge is 2.46. The Morgan fingerprint density at radius 2 is 2.09 bits per heavy atom. The minimum absolute atomic E-state index is 0.0536. The van der Waals surface area contributed by atoms with Gasteiger partial charge in [0.1, 0.15) is 0 Å². The van der Waals surface area contributed by atoms with Gasteiger partial charge in [0.2, 0.25) is 10.0 Å². The van der Waals surface area contributed by atoms with E-state index in [1.54, 1.807) is 0 Å². The van der Waals surface area contributed by atoms with Crippen LogP contribution in [0, 0.1) is 12.8 Å². The Hall–Kier alpha value is -1.58. The van der Waals surface area contributed by atoms with E-state index >= 15 is 0 Å². The molecule has 0 aliphatic carbocycles. The fourth-order valence-corrected chi connectivity index (χ4v) is 4.36. The molecule has 1 unspecified atom stereocenters. The van der Waals surface area contributed by atoms with Crippen LogP contribution < -0.4 is 0 Å². The molecular formula is C14H17F2NO5S. The van der Waals surface area contributed by atoms with Crippen LogP contribution in [0.3, 0.4) is 0 Å². The Kier molecular flexibility index (Phi) is 4.74. The van der Waals surface area contributed by atoms with Crippen LogP contribution >= 0.6 is 0 Å². The third-order valence-corrected chi connectivity index (χ3v) is 6.08. The second kappa shape index (κ2) is 6.14. The van der Waals surface area contributed by atoms with Crippen molar-refractivity contribution in [2.24, 2.45) is 5.92 Å². The van der Waals surface area contributed by atoms with Crippen LogP contribution in [0.25, 0.3) is 0 Å². The summed E-state index contributed by atoms with van der Waals surface area (Å²) in [7, 11) is -4.12. The third kappa shape index (κ3) is 3.22. The normalized spacial score (nSPS) is 22.0. The Balaban J connectivity index is 2.40. The van der Waals surface area contributed by atoms with Gasteiger partial charge in [-0.2, -0.15) is 4.31 Å². The molecule has 1 fully saturated rings. The van der Waals surface area contributed by atoms with E-state index in [1.807, 2.05) is 0 Å². The molecule has 1 aliphatic rings. The van der Waals surface area contributed by atoms with E-state index in [1.165, 1.54) is 25.1 Å². The summed E-state index contributed by atoms with van der Waals surface area (Å²) in [6.45, 7) is -0.364. The van der Waals surface area contributed by atoms with Crippen LogP contribution in [-0.2, 0) is 10.0 Å². The second-order valence-electron chi connectivity index (χ2n) is 5.49. The second-order valence-corrected chi connectivity index (χ2v) is 7.39. The lowest BCUT2D eigenvalue weighted by Gasteiger charge is -2.36. The lowest BCUT2D eigenvalue weighted by molar-refractivity contribution is -0.107. The summed E-state index contributed by atoms with van der Waals surface area (Å²) >= 11 is 0. The first-order valence-corrected chi connectivity index (χ1v) is 8.37. The summed E-state index contributed by atoms with van der Waals surface area (Å²) < 4.78 is 53.4. The summed E-state index contributed by atoms with van der Waals surface area (Å²) in [6.07, 6.45) is -0.685. The number of halogens is 2. The van der Waals surface area contributed by atoms with Crippen LogP contribution in [0.15, 0.2) is 23.1 Å². The van der Waals surface area contributed by atoms with Gasteiger partial charge < -0.3 is 10.2 Å². The summed E-state index contributed by atoms with van der Waals surface area (Å²) in [5.74, 6) is -5.87. The molecule has 9 heteroatoms. The zero-order valence-corrected chi connectivity index (χ0v) is 13.2. The maximum atomic E-state index is 13.6. The Labute approximate surface area is 132 Å². The van der Waals surface area contributed by atoms with Crippen molar-refractivity contribution >= 4 is 16.0 Å². The molecule has 1 saturated heterocycles. The Morgan fingerprint density at radius 3 is 2.65 bits per heavy atom. The number of nitrogens with zero attached hydrogens (tertiary/aromatic N) is 1. The van der Waals surface area contributed by atoms with Crippen molar-refractivity contribution in [2.75, 3.05) is 19.7 Å². The van der Waals surface area contributed by atoms with Crippen LogP contribution in [0.4, 0.5) is 8.78 Å². The third-order valence-electron chi connectivity index (χ3n) is 4.07. The summed E-state index contributed by atoms with van der Waals surface area (Å²) in [5, 5.41) is 18.1. The average molecular weight is 349 g/mol. The largest absolute Gasteiger partial charge is 0.478 e. The fraction of sp³-hybridized carbons (Fsp3) is 0.500.